The topological polar surface area (TPSA) is 80.6 Å². The molecule has 3 aromatic rings. The van der Waals surface area contributed by atoms with Gasteiger partial charge in [-0.1, -0.05) is 23.7 Å². The van der Waals surface area contributed by atoms with Crippen LogP contribution in [0.25, 0.3) is 17.4 Å². The summed E-state index contributed by atoms with van der Waals surface area (Å²) in [5.74, 6) is 0.378. The minimum absolute atomic E-state index is 0.109. The Kier molecular flexibility index (Phi) is 8.05. The summed E-state index contributed by atoms with van der Waals surface area (Å²) in [5.41, 5.74) is 3.39. The third kappa shape index (κ3) is 6.01. The predicted molar refractivity (Wildman–Crippen MR) is 144 cm³/mol. The summed E-state index contributed by atoms with van der Waals surface area (Å²) in [4.78, 5) is 26.2. The second-order valence-corrected chi connectivity index (χ2v) is 10.00. The van der Waals surface area contributed by atoms with Gasteiger partial charge >= 0.3 is 5.97 Å². The third-order valence-electron chi connectivity index (χ3n) is 5.60. The van der Waals surface area contributed by atoms with E-state index >= 15 is 0 Å². The lowest BCUT2D eigenvalue weighted by Crippen LogP contribution is -2.33. The monoisotopic (exact) mass is 528 g/mol. The first-order chi connectivity index (χ1) is 16.9. The summed E-state index contributed by atoms with van der Waals surface area (Å²) in [6, 6.07) is 9.28. The molecule has 0 spiro atoms. The van der Waals surface area contributed by atoms with Crippen molar-refractivity contribution in [2.75, 3.05) is 11.9 Å². The lowest BCUT2D eigenvalue weighted by Gasteiger charge is -2.12. The Labute approximate surface area is 218 Å². The van der Waals surface area contributed by atoms with Crippen LogP contribution in [0.5, 0.6) is 0 Å². The van der Waals surface area contributed by atoms with E-state index < -0.39 is 5.91 Å². The number of thiophene rings is 1. The van der Waals surface area contributed by atoms with Crippen LogP contribution in [-0.2, 0) is 22.4 Å². The molecule has 0 radical (unpaired) electrons. The molecule has 2 aromatic heterocycles. The number of anilines is 1. The maximum atomic E-state index is 12.6. The fourth-order valence-corrected chi connectivity index (χ4v) is 5.59. The zero-order valence-corrected chi connectivity index (χ0v) is 21.8. The molecule has 0 saturated heterocycles. The number of esters is 1. The third-order valence-corrected chi connectivity index (χ3v) is 7.42. The van der Waals surface area contributed by atoms with Gasteiger partial charge in [-0.15, -0.1) is 11.3 Å². The van der Waals surface area contributed by atoms with E-state index in [1.165, 1.54) is 22.3 Å². The molecule has 4 rings (SSSR count). The first-order valence-corrected chi connectivity index (χ1v) is 12.9. The van der Waals surface area contributed by atoms with Crippen LogP contribution in [0.2, 0.25) is 5.02 Å². The normalized spacial score (nSPS) is 12.9. The van der Waals surface area contributed by atoms with E-state index in [0.29, 0.717) is 33.7 Å². The van der Waals surface area contributed by atoms with Gasteiger partial charge in [0, 0.05) is 21.5 Å². The van der Waals surface area contributed by atoms with E-state index in [0.717, 1.165) is 42.4 Å². The van der Waals surface area contributed by atoms with Crippen molar-refractivity contribution in [2.45, 2.75) is 39.5 Å². The van der Waals surface area contributed by atoms with E-state index in [2.05, 4.69) is 10.6 Å². The standard InChI is InChI=1S/C26H25ClN2O4S2/c1-3-32-25(31)23-18-6-4-5-7-21(18)35-24(23)29-26(34)28-22(30)13-11-17-10-12-20(33-17)16-9-8-15(2)19(27)14-16/h8-14H,3-7H2,1-2H3,(H2,28,29,30,34)/b13-11+. The number of benzene rings is 1. The highest BCUT2D eigenvalue weighted by Gasteiger charge is 2.26. The summed E-state index contributed by atoms with van der Waals surface area (Å²) in [7, 11) is 0. The number of ether oxygens (including phenoxy) is 1. The molecule has 1 aromatic carbocycles. The van der Waals surface area contributed by atoms with Gasteiger partial charge in [0.15, 0.2) is 5.11 Å². The first kappa shape index (κ1) is 25.2. The average Bonchev–Trinajstić information content (AvgIpc) is 3.44. The minimum Gasteiger partial charge on any atom is -0.462 e. The molecule has 1 aliphatic rings. The molecule has 35 heavy (non-hydrogen) atoms. The number of carbonyl (C=O) groups excluding carboxylic acids is 2. The SMILES string of the molecule is CCOC(=O)c1c(NC(=S)NC(=O)/C=C/c2ccc(-c3ccc(C)c(Cl)c3)o2)sc2c1CCCC2. The maximum Gasteiger partial charge on any atom is 0.341 e. The molecule has 2 heterocycles. The molecule has 6 nitrogen and oxygen atoms in total. The lowest BCUT2D eigenvalue weighted by atomic mass is 9.95. The van der Waals surface area contributed by atoms with Crippen molar-refractivity contribution >= 4 is 63.2 Å². The van der Waals surface area contributed by atoms with Gasteiger partial charge < -0.3 is 14.5 Å². The van der Waals surface area contributed by atoms with Crippen molar-refractivity contribution in [2.24, 2.45) is 0 Å². The van der Waals surface area contributed by atoms with Gasteiger partial charge in [-0.3, -0.25) is 10.1 Å². The van der Waals surface area contributed by atoms with Gasteiger partial charge in [0.2, 0.25) is 5.91 Å². The molecule has 0 bridgehead atoms. The highest BCUT2D eigenvalue weighted by atomic mass is 35.5. The smallest absolute Gasteiger partial charge is 0.341 e. The Morgan fingerprint density at radius 2 is 2.03 bits per heavy atom. The van der Waals surface area contributed by atoms with E-state index in [-0.39, 0.29) is 11.1 Å². The Morgan fingerprint density at radius 3 is 2.80 bits per heavy atom. The van der Waals surface area contributed by atoms with Gasteiger partial charge in [-0.25, -0.2) is 4.79 Å². The molecule has 0 atom stereocenters. The number of fused-ring (bicyclic) bond motifs is 1. The molecule has 2 N–H and O–H groups in total. The van der Waals surface area contributed by atoms with Crippen LogP contribution in [0.15, 0.2) is 40.8 Å². The van der Waals surface area contributed by atoms with E-state index in [4.69, 9.17) is 33.0 Å². The quantitative estimate of drug-likeness (QED) is 0.214. The highest BCUT2D eigenvalue weighted by molar-refractivity contribution is 7.80. The Balaban J connectivity index is 1.40. The van der Waals surface area contributed by atoms with Crippen molar-refractivity contribution in [1.29, 1.82) is 0 Å². The van der Waals surface area contributed by atoms with Gasteiger partial charge in [-0.05, 0) is 87.2 Å². The van der Waals surface area contributed by atoms with Crippen molar-refractivity contribution < 1.29 is 18.7 Å². The van der Waals surface area contributed by atoms with Crippen molar-refractivity contribution in [3.8, 4) is 11.3 Å². The molecule has 0 saturated carbocycles. The summed E-state index contributed by atoms with van der Waals surface area (Å²) in [5, 5.41) is 7.02. The Hall–Kier alpha value is -2.94. The number of carbonyl (C=O) groups is 2. The molecular formula is C26H25ClN2O4S2. The number of furan rings is 1. The predicted octanol–water partition coefficient (Wildman–Crippen LogP) is 6.55. The summed E-state index contributed by atoms with van der Waals surface area (Å²) in [6.07, 6.45) is 6.79. The number of aryl methyl sites for hydroxylation is 2. The first-order valence-electron chi connectivity index (χ1n) is 11.3. The number of nitrogens with one attached hydrogen (secondary N) is 2. The van der Waals surface area contributed by atoms with Crippen molar-refractivity contribution in [1.82, 2.24) is 5.32 Å². The molecule has 0 fully saturated rings. The number of halogens is 1. The fourth-order valence-electron chi connectivity index (χ4n) is 3.86. The van der Waals surface area contributed by atoms with Crippen LogP contribution in [0, 0.1) is 6.92 Å². The number of hydrogen-bond donors (Lipinski definition) is 2. The van der Waals surface area contributed by atoms with E-state index in [1.807, 2.05) is 31.2 Å². The second kappa shape index (κ2) is 11.2. The summed E-state index contributed by atoms with van der Waals surface area (Å²) in [6.45, 7) is 4.00. The second-order valence-electron chi connectivity index (χ2n) is 8.08. The molecule has 9 heteroatoms. The molecule has 0 aliphatic heterocycles. The number of amides is 1. The molecule has 1 amide bonds. The van der Waals surface area contributed by atoms with Crippen LogP contribution in [0.4, 0.5) is 5.00 Å². The van der Waals surface area contributed by atoms with Crippen LogP contribution >= 0.6 is 35.2 Å². The molecular weight excluding hydrogens is 504 g/mol. The zero-order chi connectivity index (χ0) is 24.9. The Bertz CT molecular complexity index is 1310. The maximum absolute atomic E-state index is 12.6. The Morgan fingerprint density at radius 1 is 1.23 bits per heavy atom. The van der Waals surface area contributed by atoms with Crippen LogP contribution < -0.4 is 10.6 Å². The largest absolute Gasteiger partial charge is 0.462 e. The van der Waals surface area contributed by atoms with Crippen LogP contribution in [0.1, 0.15) is 51.9 Å². The molecule has 0 unspecified atom stereocenters. The lowest BCUT2D eigenvalue weighted by molar-refractivity contribution is -0.115. The van der Waals surface area contributed by atoms with Gasteiger partial charge in [0.25, 0.3) is 0 Å². The minimum atomic E-state index is -0.419. The summed E-state index contributed by atoms with van der Waals surface area (Å²) >= 11 is 13.0. The van der Waals surface area contributed by atoms with Gasteiger partial charge in [0.1, 0.15) is 16.5 Å². The fraction of sp³-hybridized carbons (Fsp3) is 0.269. The van der Waals surface area contributed by atoms with Crippen LogP contribution in [0.3, 0.4) is 0 Å². The number of thiocarbonyl (C=S) groups is 1. The highest BCUT2D eigenvalue weighted by Crippen LogP contribution is 2.38. The van der Waals surface area contributed by atoms with Gasteiger partial charge in [-0.2, -0.15) is 0 Å². The van der Waals surface area contributed by atoms with Crippen LogP contribution in [-0.4, -0.2) is 23.6 Å². The van der Waals surface area contributed by atoms with Gasteiger partial charge in [0.05, 0.1) is 12.2 Å². The molecule has 1 aliphatic carbocycles. The van der Waals surface area contributed by atoms with E-state index in [9.17, 15) is 9.59 Å². The summed E-state index contributed by atoms with van der Waals surface area (Å²) < 4.78 is 11.1. The molecule has 182 valence electrons. The number of hydrogen-bond acceptors (Lipinski definition) is 6. The average molecular weight is 529 g/mol. The number of rotatable bonds is 6. The van der Waals surface area contributed by atoms with Crippen molar-refractivity contribution in [3.63, 3.8) is 0 Å². The van der Waals surface area contributed by atoms with E-state index in [1.54, 1.807) is 19.1 Å². The zero-order valence-electron chi connectivity index (χ0n) is 19.4. The van der Waals surface area contributed by atoms with Crippen molar-refractivity contribution in [3.05, 3.63) is 68.8 Å².